The summed E-state index contributed by atoms with van der Waals surface area (Å²) in [5.41, 5.74) is 2.98. The van der Waals surface area contributed by atoms with E-state index in [9.17, 15) is 18.8 Å². The highest BCUT2D eigenvalue weighted by Gasteiger charge is 2.55. The van der Waals surface area contributed by atoms with E-state index < -0.39 is 17.5 Å². The number of urea groups is 1. The van der Waals surface area contributed by atoms with Crippen molar-refractivity contribution in [2.24, 2.45) is 0 Å². The van der Waals surface area contributed by atoms with E-state index in [0.29, 0.717) is 35.0 Å². The number of hydrogen-bond donors (Lipinski definition) is 2. The first kappa shape index (κ1) is 20.4. The molecule has 6 nitrogen and oxygen atoms in total. The number of halogens is 1. The van der Waals surface area contributed by atoms with Crippen LogP contribution in [0.3, 0.4) is 0 Å². The normalized spacial score (nSPS) is 19.1. The van der Waals surface area contributed by atoms with Gasteiger partial charge >= 0.3 is 6.03 Å². The third-order valence-corrected chi connectivity index (χ3v) is 6.84. The van der Waals surface area contributed by atoms with Crippen molar-refractivity contribution in [2.45, 2.75) is 18.4 Å². The standard InChI is InChI=1S/C27H20FN3O3/c28-18-11-9-17(10-12-18)24-23(19-6-2-4-8-21(19)29-24)22(32)15-31-25(33)27(30-26(31)34)14-13-16-5-1-3-7-20(16)27/h1-12,29H,13-15H2,(H,30,34)/t27-/m0/s1. The van der Waals surface area contributed by atoms with Crippen LogP contribution in [-0.4, -0.2) is 34.2 Å². The summed E-state index contributed by atoms with van der Waals surface area (Å²) in [7, 11) is 0. The molecule has 2 N–H and O–H groups in total. The fourth-order valence-electron chi connectivity index (χ4n) is 5.22. The summed E-state index contributed by atoms with van der Waals surface area (Å²) in [5.74, 6) is -1.16. The number of nitrogens with zero attached hydrogens (tertiary/aromatic N) is 1. The molecule has 1 fully saturated rings. The molecule has 6 rings (SSSR count). The number of para-hydroxylation sites is 1. The van der Waals surface area contributed by atoms with Crippen molar-refractivity contribution in [1.82, 2.24) is 15.2 Å². The summed E-state index contributed by atoms with van der Waals surface area (Å²) in [6.07, 6.45) is 1.15. The minimum Gasteiger partial charge on any atom is -0.354 e. The second kappa shape index (κ2) is 7.38. The fourth-order valence-corrected chi connectivity index (χ4v) is 5.22. The molecule has 7 heteroatoms. The highest BCUT2D eigenvalue weighted by atomic mass is 19.1. The van der Waals surface area contributed by atoms with Gasteiger partial charge in [0.2, 0.25) is 0 Å². The van der Waals surface area contributed by atoms with Crippen LogP contribution in [0.15, 0.2) is 72.8 Å². The fraction of sp³-hybridized carbons (Fsp3) is 0.148. The summed E-state index contributed by atoms with van der Waals surface area (Å²) in [6.45, 7) is -0.384. The van der Waals surface area contributed by atoms with Gasteiger partial charge in [-0.3, -0.25) is 14.5 Å². The Hall–Kier alpha value is -4.26. The number of imide groups is 1. The third kappa shape index (κ3) is 2.90. The van der Waals surface area contributed by atoms with Crippen molar-refractivity contribution in [3.8, 4) is 11.3 Å². The molecule has 34 heavy (non-hydrogen) atoms. The monoisotopic (exact) mass is 453 g/mol. The Bertz CT molecular complexity index is 1490. The first-order valence-electron chi connectivity index (χ1n) is 11.1. The van der Waals surface area contributed by atoms with Gasteiger partial charge in [0, 0.05) is 10.9 Å². The van der Waals surface area contributed by atoms with E-state index in [-0.39, 0.29) is 18.1 Å². The van der Waals surface area contributed by atoms with Crippen molar-refractivity contribution >= 4 is 28.6 Å². The van der Waals surface area contributed by atoms with Crippen LogP contribution in [0.2, 0.25) is 0 Å². The molecule has 0 bridgehead atoms. The largest absolute Gasteiger partial charge is 0.354 e. The van der Waals surface area contributed by atoms with Crippen LogP contribution in [0, 0.1) is 5.82 Å². The predicted molar refractivity (Wildman–Crippen MR) is 125 cm³/mol. The Morgan fingerprint density at radius 1 is 0.971 bits per heavy atom. The Balaban J connectivity index is 1.38. The number of nitrogens with one attached hydrogen (secondary N) is 2. The van der Waals surface area contributed by atoms with Crippen LogP contribution in [0.4, 0.5) is 9.18 Å². The van der Waals surface area contributed by atoms with E-state index in [0.717, 1.165) is 21.5 Å². The molecule has 3 aromatic carbocycles. The van der Waals surface area contributed by atoms with Gasteiger partial charge in [-0.15, -0.1) is 0 Å². The van der Waals surface area contributed by atoms with Gasteiger partial charge in [-0.25, -0.2) is 9.18 Å². The lowest BCUT2D eigenvalue weighted by Gasteiger charge is -2.22. The number of fused-ring (bicyclic) bond motifs is 3. The van der Waals surface area contributed by atoms with Crippen LogP contribution in [0.5, 0.6) is 0 Å². The molecule has 168 valence electrons. The van der Waals surface area contributed by atoms with Gasteiger partial charge in [-0.05, 0) is 59.9 Å². The van der Waals surface area contributed by atoms with Gasteiger partial charge in [-0.1, -0.05) is 42.5 Å². The number of hydrogen-bond acceptors (Lipinski definition) is 3. The molecule has 2 heterocycles. The minimum atomic E-state index is -1.12. The first-order valence-corrected chi connectivity index (χ1v) is 11.1. The summed E-state index contributed by atoms with van der Waals surface area (Å²) in [5, 5.41) is 3.54. The number of ketones is 1. The average molecular weight is 453 g/mol. The van der Waals surface area contributed by atoms with Crippen molar-refractivity contribution in [3.63, 3.8) is 0 Å². The zero-order chi connectivity index (χ0) is 23.4. The van der Waals surface area contributed by atoms with E-state index in [1.165, 1.54) is 12.1 Å². The molecule has 1 aromatic heterocycles. The van der Waals surface area contributed by atoms with Gasteiger partial charge < -0.3 is 10.3 Å². The summed E-state index contributed by atoms with van der Waals surface area (Å²) >= 11 is 0. The van der Waals surface area contributed by atoms with Crippen molar-refractivity contribution in [3.05, 3.63) is 95.3 Å². The topological polar surface area (TPSA) is 82.3 Å². The zero-order valence-corrected chi connectivity index (χ0v) is 18.1. The van der Waals surface area contributed by atoms with Gasteiger partial charge in [0.25, 0.3) is 5.91 Å². The van der Waals surface area contributed by atoms with E-state index >= 15 is 0 Å². The Kier molecular flexibility index (Phi) is 4.42. The maximum absolute atomic E-state index is 13.6. The maximum atomic E-state index is 13.6. The molecule has 1 aliphatic heterocycles. The number of aryl methyl sites for hydroxylation is 1. The number of carbonyl (C=O) groups is 3. The molecule has 1 saturated heterocycles. The predicted octanol–water partition coefficient (Wildman–Crippen LogP) is 4.55. The van der Waals surface area contributed by atoms with Gasteiger partial charge in [0.1, 0.15) is 11.4 Å². The van der Waals surface area contributed by atoms with E-state index in [4.69, 9.17) is 0 Å². The minimum absolute atomic E-state index is 0.371. The van der Waals surface area contributed by atoms with Crippen LogP contribution < -0.4 is 5.32 Å². The van der Waals surface area contributed by atoms with Gasteiger partial charge in [0.05, 0.1) is 17.8 Å². The number of rotatable bonds is 4. The number of aromatic nitrogens is 1. The lowest BCUT2D eigenvalue weighted by Crippen LogP contribution is -2.42. The number of Topliss-reactive ketones (excluding diaryl/α,β-unsaturated/α-hetero) is 1. The van der Waals surface area contributed by atoms with Gasteiger partial charge in [0.15, 0.2) is 5.78 Å². The third-order valence-electron chi connectivity index (χ3n) is 6.84. The van der Waals surface area contributed by atoms with E-state index in [1.807, 2.05) is 48.5 Å². The van der Waals surface area contributed by atoms with E-state index in [2.05, 4.69) is 10.3 Å². The molecular weight excluding hydrogens is 433 g/mol. The molecule has 0 saturated carbocycles. The smallest absolute Gasteiger partial charge is 0.325 e. The van der Waals surface area contributed by atoms with Crippen LogP contribution in [0.25, 0.3) is 22.2 Å². The molecule has 2 aliphatic rings. The Morgan fingerprint density at radius 3 is 2.53 bits per heavy atom. The quantitative estimate of drug-likeness (QED) is 0.351. The highest BCUT2D eigenvalue weighted by Crippen LogP contribution is 2.41. The lowest BCUT2D eigenvalue weighted by molar-refractivity contribution is -0.131. The number of benzene rings is 3. The SMILES string of the molecule is O=C(CN1C(=O)N[C@]2(CCc3ccccc32)C1=O)c1c(-c2ccc(F)cc2)[nH]c2ccccc12. The molecular formula is C27H20FN3O3. The summed E-state index contributed by atoms with van der Waals surface area (Å²) in [4.78, 5) is 44.3. The molecule has 1 aliphatic carbocycles. The first-order chi connectivity index (χ1) is 16.5. The molecule has 3 amide bonds. The molecule has 0 radical (unpaired) electrons. The Labute approximate surface area is 194 Å². The zero-order valence-electron chi connectivity index (χ0n) is 18.1. The van der Waals surface area contributed by atoms with Gasteiger partial charge in [-0.2, -0.15) is 0 Å². The van der Waals surface area contributed by atoms with E-state index in [1.54, 1.807) is 12.1 Å². The molecule has 1 spiro atoms. The lowest BCUT2D eigenvalue weighted by atomic mass is 9.91. The number of H-pyrrole nitrogens is 1. The second-order valence-electron chi connectivity index (χ2n) is 8.73. The maximum Gasteiger partial charge on any atom is 0.325 e. The summed E-state index contributed by atoms with van der Waals surface area (Å²) < 4.78 is 13.5. The van der Waals surface area contributed by atoms with Crippen molar-refractivity contribution < 1.29 is 18.8 Å². The number of carbonyl (C=O) groups excluding carboxylic acids is 3. The molecule has 0 unspecified atom stereocenters. The number of aromatic amines is 1. The molecule has 4 aromatic rings. The molecule has 1 atom stereocenters. The average Bonchev–Trinajstić information content (AvgIpc) is 3.48. The van der Waals surface area contributed by atoms with Crippen LogP contribution in [-0.2, 0) is 16.8 Å². The van der Waals surface area contributed by atoms with Crippen LogP contribution in [0.1, 0.15) is 27.9 Å². The van der Waals surface area contributed by atoms with Crippen molar-refractivity contribution in [2.75, 3.05) is 6.54 Å². The highest BCUT2D eigenvalue weighted by molar-refractivity contribution is 6.17. The summed E-state index contributed by atoms with van der Waals surface area (Å²) in [6, 6.07) is 20.2. The second-order valence-corrected chi connectivity index (χ2v) is 8.73. The van der Waals surface area contributed by atoms with Crippen LogP contribution >= 0.6 is 0 Å². The number of amides is 3. The Morgan fingerprint density at radius 2 is 1.71 bits per heavy atom. The van der Waals surface area contributed by atoms with Crippen molar-refractivity contribution in [1.29, 1.82) is 0 Å².